The first-order valence-electron chi connectivity index (χ1n) is 13.3. The third-order valence-electron chi connectivity index (χ3n) is 8.00. The van der Waals surface area contributed by atoms with Crippen molar-refractivity contribution in [2.24, 2.45) is 5.92 Å². The van der Waals surface area contributed by atoms with Gasteiger partial charge in [0.1, 0.15) is 4.90 Å². The van der Waals surface area contributed by atoms with Crippen LogP contribution in [0.1, 0.15) is 42.7 Å². The van der Waals surface area contributed by atoms with Crippen LogP contribution in [0.15, 0.2) is 52.7 Å². The molecule has 8 nitrogen and oxygen atoms in total. The van der Waals surface area contributed by atoms with Crippen LogP contribution in [0, 0.1) is 5.92 Å². The molecule has 1 fully saturated rings. The van der Waals surface area contributed by atoms with E-state index in [4.69, 9.17) is 4.74 Å². The standard InChI is InChI=1S/C29H31N3O5S2/c1-37-17-5-14-32-24-11-10-23(20-7-4-8-22(27(20)24)29(32)34)30-28(33)19-12-15-31(16-13-19)39(35,36)26-18-38-25-9-3-2-6-21(25)26/h2-4,6-7,9-11,18-19,22H,5,8,12-17H2,1H3,(H,30,33). The maximum atomic E-state index is 13.4. The number of nitrogens with zero attached hydrogens (tertiary/aromatic N) is 2. The summed E-state index contributed by atoms with van der Waals surface area (Å²) in [4.78, 5) is 28.6. The van der Waals surface area contributed by atoms with E-state index >= 15 is 0 Å². The summed E-state index contributed by atoms with van der Waals surface area (Å²) < 4.78 is 34.4. The van der Waals surface area contributed by atoms with Gasteiger partial charge >= 0.3 is 0 Å². The summed E-state index contributed by atoms with van der Waals surface area (Å²) in [5.41, 5.74) is 3.50. The van der Waals surface area contributed by atoms with Crippen LogP contribution in [0.2, 0.25) is 0 Å². The van der Waals surface area contributed by atoms with E-state index in [1.165, 1.54) is 15.6 Å². The molecule has 1 unspecified atom stereocenters. The lowest BCUT2D eigenvalue weighted by molar-refractivity contribution is -0.121. The highest BCUT2D eigenvalue weighted by Crippen LogP contribution is 2.47. The van der Waals surface area contributed by atoms with Crippen molar-refractivity contribution < 1.29 is 22.7 Å². The Balaban J connectivity index is 1.15. The Bertz CT molecular complexity index is 1570. The molecule has 2 aliphatic heterocycles. The highest BCUT2D eigenvalue weighted by molar-refractivity contribution is 7.89. The number of hydrogen-bond donors (Lipinski definition) is 1. The third kappa shape index (κ3) is 4.59. The maximum Gasteiger partial charge on any atom is 0.244 e. The van der Waals surface area contributed by atoms with Crippen molar-refractivity contribution >= 4 is 60.7 Å². The average Bonchev–Trinajstić information content (AvgIpc) is 3.51. The van der Waals surface area contributed by atoms with E-state index < -0.39 is 10.0 Å². The number of carbonyl (C=O) groups is 2. The average molecular weight is 566 g/mol. The van der Waals surface area contributed by atoms with Crippen LogP contribution in [0.5, 0.6) is 0 Å². The summed E-state index contributed by atoms with van der Waals surface area (Å²) in [6.07, 6.45) is 6.32. The number of nitrogens with one attached hydrogen (secondary N) is 1. The van der Waals surface area contributed by atoms with E-state index in [1.54, 1.807) is 12.5 Å². The predicted molar refractivity (Wildman–Crippen MR) is 154 cm³/mol. The molecule has 1 atom stereocenters. The van der Waals surface area contributed by atoms with Crippen LogP contribution in [0.4, 0.5) is 11.4 Å². The first-order valence-corrected chi connectivity index (χ1v) is 15.6. The van der Waals surface area contributed by atoms with Crippen LogP contribution in [0.25, 0.3) is 16.2 Å². The molecule has 0 bridgehead atoms. The molecule has 204 valence electrons. The minimum atomic E-state index is -3.63. The van der Waals surface area contributed by atoms with Gasteiger partial charge in [-0.3, -0.25) is 9.59 Å². The predicted octanol–water partition coefficient (Wildman–Crippen LogP) is 4.82. The molecule has 3 aliphatic rings. The molecule has 1 aliphatic carbocycles. The van der Waals surface area contributed by atoms with Crippen molar-refractivity contribution in [2.75, 3.05) is 43.6 Å². The largest absolute Gasteiger partial charge is 0.385 e. The number of thiophene rings is 1. The summed E-state index contributed by atoms with van der Waals surface area (Å²) in [5.74, 6) is -0.518. The fourth-order valence-corrected chi connectivity index (χ4v) is 8.91. The minimum Gasteiger partial charge on any atom is -0.385 e. The molecule has 2 aromatic carbocycles. The van der Waals surface area contributed by atoms with Crippen molar-refractivity contribution in [3.8, 4) is 0 Å². The van der Waals surface area contributed by atoms with Crippen LogP contribution < -0.4 is 10.2 Å². The van der Waals surface area contributed by atoms with Gasteiger partial charge in [0.15, 0.2) is 0 Å². The van der Waals surface area contributed by atoms with Crippen LogP contribution in [0.3, 0.4) is 0 Å². The molecule has 6 rings (SSSR count). The highest BCUT2D eigenvalue weighted by Gasteiger charge is 2.40. The zero-order valence-corrected chi connectivity index (χ0v) is 23.4. The number of hydrogen-bond acceptors (Lipinski definition) is 6. The summed E-state index contributed by atoms with van der Waals surface area (Å²) in [6, 6.07) is 11.3. The lowest BCUT2D eigenvalue weighted by Crippen LogP contribution is -2.41. The molecule has 39 heavy (non-hydrogen) atoms. The smallest absolute Gasteiger partial charge is 0.244 e. The van der Waals surface area contributed by atoms with Gasteiger partial charge in [0.2, 0.25) is 21.8 Å². The van der Waals surface area contributed by atoms with Gasteiger partial charge in [-0.25, -0.2) is 8.42 Å². The molecule has 0 spiro atoms. The van der Waals surface area contributed by atoms with Crippen molar-refractivity contribution in [1.82, 2.24) is 4.31 Å². The number of ether oxygens (including phenoxy) is 1. The van der Waals surface area contributed by atoms with E-state index in [0.717, 1.165) is 33.3 Å². The van der Waals surface area contributed by atoms with Gasteiger partial charge in [0, 0.05) is 71.7 Å². The van der Waals surface area contributed by atoms with Gasteiger partial charge < -0.3 is 15.0 Å². The monoisotopic (exact) mass is 565 g/mol. The third-order valence-corrected chi connectivity index (χ3v) is 11.1. The Kier molecular flexibility index (Phi) is 7.05. The number of benzene rings is 2. The lowest BCUT2D eigenvalue weighted by Gasteiger charge is -2.30. The van der Waals surface area contributed by atoms with Gasteiger partial charge in [-0.15, -0.1) is 11.3 Å². The molecule has 3 aromatic rings. The van der Waals surface area contributed by atoms with Gasteiger partial charge in [0.05, 0.1) is 5.92 Å². The van der Waals surface area contributed by atoms with Crippen molar-refractivity contribution in [3.63, 3.8) is 0 Å². The number of fused-ring (bicyclic) bond motifs is 1. The van der Waals surface area contributed by atoms with Crippen molar-refractivity contribution in [1.29, 1.82) is 0 Å². The quantitative estimate of drug-likeness (QED) is 0.395. The number of carbonyl (C=O) groups excluding carboxylic acids is 2. The summed E-state index contributed by atoms with van der Waals surface area (Å²) in [6.45, 7) is 1.79. The SMILES string of the molecule is COCCCN1C(=O)C2CC=Cc3c(NC(=O)C4CCN(S(=O)(=O)c5csc6ccccc56)CC4)ccc1c32. The number of anilines is 2. The van der Waals surface area contributed by atoms with E-state index in [0.29, 0.717) is 56.1 Å². The van der Waals surface area contributed by atoms with Gasteiger partial charge in [0.25, 0.3) is 0 Å². The number of sulfonamides is 1. The van der Waals surface area contributed by atoms with Crippen molar-refractivity contribution in [2.45, 2.75) is 36.5 Å². The molecule has 1 aromatic heterocycles. The highest BCUT2D eigenvalue weighted by atomic mass is 32.2. The first kappa shape index (κ1) is 26.2. The molecule has 1 saturated heterocycles. The Hall–Kier alpha value is -3.05. The van der Waals surface area contributed by atoms with E-state index in [-0.39, 0.29) is 23.7 Å². The van der Waals surface area contributed by atoms with E-state index in [2.05, 4.69) is 5.32 Å². The second kappa shape index (κ2) is 10.5. The minimum absolute atomic E-state index is 0.0992. The Morgan fingerprint density at radius 3 is 2.74 bits per heavy atom. The first-order chi connectivity index (χ1) is 18.9. The molecule has 2 amide bonds. The van der Waals surface area contributed by atoms with Crippen LogP contribution in [-0.4, -0.2) is 57.9 Å². The molecule has 10 heteroatoms. The summed E-state index contributed by atoms with van der Waals surface area (Å²) >= 11 is 1.43. The topological polar surface area (TPSA) is 96.0 Å². The van der Waals surface area contributed by atoms with Gasteiger partial charge in [-0.1, -0.05) is 30.4 Å². The molecule has 3 heterocycles. The second-order valence-corrected chi connectivity index (χ2v) is 13.1. The molecular formula is C29H31N3O5S2. The number of methoxy groups -OCH3 is 1. The number of rotatable bonds is 8. The van der Waals surface area contributed by atoms with Crippen LogP contribution >= 0.6 is 11.3 Å². The number of amides is 2. The van der Waals surface area contributed by atoms with E-state index in [1.807, 2.05) is 53.5 Å². The number of allylic oxidation sites excluding steroid dienone is 1. The zero-order chi connectivity index (χ0) is 27.1. The van der Waals surface area contributed by atoms with Gasteiger partial charge in [-0.2, -0.15) is 4.31 Å². The van der Waals surface area contributed by atoms with Gasteiger partial charge in [-0.05, 0) is 49.4 Å². The zero-order valence-electron chi connectivity index (χ0n) is 21.8. The fourth-order valence-electron chi connectivity index (χ4n) is 5.97. The maximum absolute atomic E-state index is 13.4. The van der Waals surface area contributed by atoms with Crippen molar-refractivity contribution in [3.05, 3.63) is 59.0 Å². The Morgan fingerprint density at radius 2 is 1.95 bits per heavy atom. The second-order valence-electron chi connectivity index (χ2n) is 10.3. The fraction of sp³-hybridized carbons (Fsp3) is 0.379. The molecule has 1 N–H and O–H groups in total. The van der Waals surface area contributed by atoms with Crippen LogP contribution in [-0.2, 0) is 24.3 Å². The Labute approximate surface area is 232 Å². The lowest BCUT2D eigenvalue weighted by atomic mass is 9.87. The molecular weight excluding hydrogens is 534 g/mol. The summed E-state index contributed by atoms with van der Waals surface area (Å²) in [5, 5.41) is 5.55. The molecule has 0 radical (unpaired) electrons. The number of piperidine rings is 1. The Morgan fingerprint density at radius 1 is 1.15 bits per heavy atom. The summed E-state index contributed by atoms with van der Waals surface area (Å²) in [7, 11) is -1.98. The normalized spacial score (nSPS) is 19.6. The van der Waals surface area contributed by atoms with E-state index in [9.17, 15) is 18.0 Å². The molecule has 0 saturated carbocycles.